The normalized spacial score (nSPS) is 25.4. The van der Waals surface area contributed by atoms with Gasteiger partial charge in [0.05, 0.1) is 32.3 Å². The van der Waals surface area contributed by atoms with Crippen LogP contribution >= 0.6 is 0 Å². The second kappa shape index (κ2) is 9.34. The van der Waals surface area contributed by atoms with Crippen molar-refractivity contribution in [2.24, 2.45) is 5.92 Å². The molecule has 2 N–H and O–H groups in total. The molecular formula is C28H28O7. The minimum atomic E-state index is -1.11. The molecule has 5 atom stereocenters. The lowest BCUT2D eigenvalue weighted by Crippen LogP contribution is -2.49. The second-order valence-electron chi connectivity index (χ2n) is 8.90. The maximum absolute atomic E-state index is 11.7. The number of hydrogen-bond donors (Lipinski definition) is 2. The van der Waals surface area contributed by atoms with Crippen LogP contribution in [0.3, 0.4) is 0 Å². The Hall–Kier alpha value is -3.39. The van der Waals surface area contributed by atoms with Gasteiger partial charge in [-0.05, 0) is 47.4 Å². The molecule has 0 aromatic heterocycles. The number of benzene rings is 3. The molecule has 0 aliphatic carbocycles. The van der Waals surface area contributed by atoms with Crippen molar-refractivity contribution in [3.63, 3.8) is 0 Å². The van der Waals surface area contributed by atoms with Gasteiger partial charge in [-0.3, -0.25) is 4.79 Å². The first kappa shape index (κ1) is 23.4. The summed E-state index contributed by atoms with van der Waals surface area (Å²) in [7, 11) is 3.22. The van der Waals surface area contributed by atoms with Crippen LogP contribution < -0.4 is 9.47 Å². The van der Waals surface area contributed by atoms with Crippen molar-refractivity contribution < 1.29 is 34.0 Å². The Labute approximate surface area is 203 Å². The molecule has 5 rings (SSSR count). The minimum absolute atomic E-state index is 0.290. The van der Waals surface area contributed by atoms with Gasteiger partial charge in [0, 0.05) is 0 Å². The Balaban J connectivity index is 1.66. The first-order valence-electron chi connectivity index (χ1n) is 11.6. The van der Waals surface area contributed by atoms with Crippen LogP contribution in [0.5, 0.6) is 11.5 Å². The monoisotopic (exact) mass is 476 g/mol. The predicted octanol–water partition coefficient (Wildman–Crippen LogP) is 3.61. The molecule has 3 aromatic rings. The van der Waals surface area contributed by atoms with E-state index in [1.54, 1.807) is 14.2 Å². The van der Waals surface area contributed by atoms with E-state index in [4.69, 9.17) is 18.9 Å². The largest absolute Gasteiger partial charge is 0.497 e. The summed E-state index contributed by atoms with van der Waals surface area (Å²) in [6.45, 7) is 0. The lowest BCUT2D eigenvalue weighted by atomic mass is 9.78. The number of methoxy groups -OCH3 is 2. The molecule has 0 unspecified atom stereocenters. The predicted molar refractivity (Wildman–Crippen MR) is 128 cm³/mol. The Morgan fingerprint density at radius 1 is 0.857 bits per heavy atom. The van der Waals surface area contributed by atoms with Crippen LogP contribution in [0.4, 0.5) is 0 Å². The first-order valence-corrected chi connectivity index (χ1v) is 11.6. The summed E-state index contributed by atoms with van der Waals surface area (Å²) < 4.78 is 23.6. The van der Waals surface area contributed by atoms with Crippen molar-refractivity contribution in [3.8, 4) is 11.5 Å². The highest BCUT2D eigenvalue weighted by Gasteiger charge is 2.59. The maximum Gasteiger partial charge on any atom is 0.309 e. The lowest BCUT2D eigenvalue weighted by molar-refractivity contribution is -0.149. The van der Waals surface area contributed by atoms with E-state index in [0.717, 1.165) is 16.7 Å². The smallest absolute Gasteiger partial charge is 0.309 e. The number of carboxylic acid groups (broad SMARTS) is 1. The van der Waals surface area contributed by atoms with E-state index in [2.05, 4.69) is 0 Å². The van der Waals surface area contributed by atoms with E-state index in [1.807, 2.05) is 78.9 Å². The average Bonchev–Trinajstić information content (AvgIpc) is 3.47. The molecule has 2 bridgehead atoms. The third-order valence-electron chi connectivity index (χ3n) is 7.06. The number of ether oxygens (including phenoxy) is 4. The van der Waals surface area contributed by atoms with Gasteiger partial charge in [0.1, 0.15) is 29.3 Å². The molecule has 2 heterocycles. The molecular weight excluding hydrogens is 448 g/mol. The van der Waals surface area contributed by atoms with E-state index in [0.29, 0.717) is 11.5 Å². The summed E-state index contributed by atoms with van der Waals surface area (Å²) in [5.41, 5.74) is 1.41. The number of fused-ring (bicyclic) bond motifs is 2. The first-order chi connectivity index (χ1) is 17.0. The number of aliphatic carboxylic acids is 1. The Morgan fingerprint density at radius 2 is 1.37 bits per heavy atom. The summed E-state index contributed by atoms with van der Waals surface area (Å²) in [6, 6.07) is 25.0. The quantitative estimate of drug-likeness (QED) is 0.480. The van der Waals surface area contributed by atoms with E-state index in [9.17, 15) is 15.0 Å². The summed E-state index contributed by atoms with van der Waals surface area (Å²) in [4.78, 5) is 11.7. The highest BCUT2D eigenvalue weighted by atomic mass is 16.6. The van der Waals surface area contributed by atoms with Crippen molar-refractivity contribution in [3.05, 3.63) is 95.6 Å². The summed E-state index contributed by atoms with van der Waals surface area (Å²) in [5, 5.41) is 20.7. The van der Waals surface area contributed by atoms with Crippen LogP contribution in [0.1, 0.15) is 23.1 Å². The molecule has 0 amide bonds. The highest BCUT2D eigenvalue weighted by Crippen LogP contribution is 2.48. The molecule has 3 aromatic carbocycles. The zero-order valence-corrected chi connectivity index (χ0v) is 19.5. The standard InChI is InChI=1S/C28H28O7/c1-32-20-12-8-18(9-13-20)28(17-6-4-3-5-7-17,19-10-14-21(33-2)15-11-19)35-26-23-16-22(27(30)31)25(34-23)24(26)29/h3-15,22-26,29H,16H2,1-2H3,(H,30,31)/t22-,23+,24-,25-,26+/m0/s1. The van der Waals surface area contributed by atoms with Gasteiger partial charge in [0.2, 0.25) is 0 Å². The molecule has 2 saturated heterocycles. The van der Waals surface area contributed by atoms with Crippen LogP contribution in [-0.4, -0.2) is 54.8 Å². The van der Waals surface area contributed by atoms with Crippen LogP contribution in [0.15, 0.2) is 78.9 Å². The maximum atomic E-state index is 11.7. The number of aliphatic hydroxyl groups excluding tert-OH is 1. The van der Waals surface area contributed by atoms with Gasteiger partial charge >= 0.3 is 5.97 Å². The fourth-order valence-electron chi connectivity index (χ4n) is 5.29. The zero-order valence-electron chi connectivity index (χ0n) is 19.5. The van der Waals surface area contributed by atoms with Crippen molar-refractivity contribution in [2.75, 3.05) is 14.2 Å². The zero-order chi connectivity index (χ0) is 24.6. The van der Waals surface area contributed by atoms with Gasteiger partial charge in [-0.2, -0.15) is 0 Å². The van der Waals surface area contributed by atoms with Gasteiger partial charge in [0.25, 0.3) is 0 Å². The molecule has 0 radical (unpaired) electrons. The van der Waals surface area contributed by atoms with E-state index >= 15 is 0 Å². The summed E-state index contributed by atoms with van der Waals surface area (Å²) >= 11 is 0. The number of carbonyl (C=O) groups is 1. The number of carboxylic acids is 1. The second-order valence-corrected chi connectivity index (χ2v) is 8.90. The van der Waals surface area contributed by atoms with Gasteiger partial charge in [-0.25, -0.2) is 0 Å². The molecule has 2 aliphatic rings. The summed E-state index contributed by atoms with van der Waals surface area (Å²) in [6.07, 6.45) is -2.84. The molecule has 35 heavy (non-hydrogen) atoms. The fourth-order valence-corrected chi connectivity index (χ4v) is 5.29. The molecule has 7 nitrogen and oxygen atoms in total. The molecule has 0 spiro atoms. The van der Waals surface area contributed by atoms with Crippen molar-refractivity contribution >= 4 is 5.97 Å². The topological polar surface area (TPSA) is 94.5 Å². The molecule has 2 fully saturated rings. The molecule has 182 valence electrons. The van der Waals surface area contributed by atoms with Crippen LogP contribution in [0, 0.1) is 5.92 Å². The Kier molecular flexibility index (Phi) is 6.23. The number of rotatable bonds is 8. The van der Waals surface area contributed by atoms with E-state index < -0.39 is 41.9 Å². The van der Waals surface area contributed by atoms with Gasteiger partial charge in [-0.1, -0.05) is 54.6 Å². The Bertz CT molecular complexity index is 1110. The van der Waals surface area contributed by atoms with E-state index in [1.165, 1.54) is 0 Å². The van der Waals surface area contributed by atoms with Crippen molar-refractivity contribution in [1.29, 1.82) is 0 Å². The van der Waals surface area contributed by atoms with Gasteiger partial charge in [-0.15, -0.1) is 0 Å². The van der Waals surface area contributed by atoms with Gasteiger partial charge < -0.3 is 29.2 Å². The number of hydrogen-bond acceptors (Lipinski definition) is 6. The third kappa shape index (κ3) is 3.95. The van der Waals surface area contributed by atoms with E-state index in [-0.39, 0.29) is 6.42 Å². The van der Waals surface area contributed by atoms with Crippen LogP contribution in [0.25, 0.3) is 0 Å². The molecule has 2 aliphatic heterocycles. The highest BCUT2D eigenvalue weighted by molar-refractivity contribution is 5.71. The Morgan fingerprint density at radius 3 is 1.83 bits per heavy atom. The van der Waals surface area contributed by atoms with Crippen LogP contribution in [-0.2, 0) is 19.9 Å². The third-order valence-corrected chi connectivity index (χ3v) is 7.06. The van der Waals surface area contributed by atoms with Crippen LogP contribution in [0.2, 0.25) is 0 Å². The molecule has 0 saturated carbocycles. The number of aliphatic hydroxyl groups is 1. The minimum Gasteiger partial charge on any atom is -0.497 e. The molecule has 7 heteroatoms. The SMILES string of the molecule is COc1ccc(C(O[C@H]2[C@@H](O)[C@H]3O[C@@H]2C[C@@H]3C(=O)O)(c2ccccc2)c2ccc(OC)cc2)cc1. The van der Waals surface area contributed by atoms with Crippen molar-refractivity contribution in [1.82, 2.24) is 0 Å². The average molecular weight is 477 g/mol. The lowest BCUT2D eigenvalue weighted by Gasteiger charge is -2.41. The van der Waals surface area contributed by atoms with Gasteiger partial charge in [0.15, 0.2) is 0 Å². The summed E-state index contributed by atoms with van der Waals surface area (Å²) in [5.74, 6) is -0.298. The van der Waals surface area contributed by atoms with Crippen molar-refractivity contribution in [2.45, 2.75) is 36.4 Å². The fraction of sp³-hybridized carbons (Fsp3) is 0.321.